The maximum Gasteiger partial charge on any atom is 0.325 e. The Morgan fingerprint density at radius 1 is 1.04 bits per heavy atom. The molecular weight excluding hydrogens is 331 g/mol. The first kappa shape index (κ1) is 16.7. The van der Waals surface area contributed by atoms with E-state index in [1.165, 1.54) is 12.1 Å². The van der Waals surface area contributed by atoms with Gasteiger partial charge in [0.1, 0.15) is 11.9 Å². The molecule has 0 radical (unpaired) electrons. The maximum absolute atomic E-state index is 13.7. The van der Waals surface area contributed by atoms with Gasteiger partial charge in [0.15, 0.2) is 0 Å². The lowest BCUT2D eigenvalue weighted by Crippen LogP contribution is -2.49. The third-order valence-corrected chi connectivity index (χ3v) is 4.71. The number of hydrogen-bond acceptors (Lipinski definition) is 3. The molecule has 6 heteroatoms. The number of rotatable bonds is 4. The van der Waals surface area contributed by atoms with Gasteiger partial charge in [-0.05, 0) is 18.2 Å². The van der Waals surface area contributed by atoms with Crippen molar-refractivity contribution in [1.29, 1.82) is 0 Å². The molecule has 0 amide bonds. The van der Waals surface area contributed by atoms with Gasteiger partial charge < -0.3 is 10.0 Å². The molecule has 1 heterocycles. The molecule has 0 aromatic heterocycles. The number of carbonyl (C=O) groups is 1. The first-order chi connectivity index (χ1) is 11.6. The van der Waals surface area contributed by atoms with Gasteiger partial charge in [-0.3, -0.25) is 9.69 Å². The Morgan fingerprint density at radius 2 is 1.71 bits per heavy atom. The molecule has 4 nitrogen and oxygen atoms in total. The topological polar surface area (TPSA) is 43.8 Å². The summed E-state index contributed by atoms with van der Waals surface area (Å²) in [6.45, 7) is 2.55. The summed E-state index contributed by atoms with van der Waals surface area (Å²) in [4.78, 5) is 15.8. The Kier molecular flexibility index (Phi) is 5.02. The van der Waals surface area contributed by atoms with Gasteiger partial charge in [0.2, 0.25) is 0 Å². The summed E-state index contributed by atoms with van der Waals surface area (Å²) in [6.07, 6.45) is 0. The van der Waals surface area contributed by atoms with Crippen LogP contribution in [0.4, 0.5) is 10.1 Å². The van der Waals surface area contributed by atoms with Gasteiger partial charge in [0.25, 0.3) is 0 Å². The van der Waals surface area contributed by atoms with Crippen molar-refractivity contribution in [1.82, 2.24) is 4.90 Å². The summed E-state index contributed by atoms with van der Waals surface area (Å²) in [5, 5.41) is 9.53. The number of aliphatic carboxylic acids is 1. The zero-order chi connectivity index (χ0) is 17.1. The number of halogens is 2. The molecule has 1 atom stereocenters. The maximum atomic E-state index is 13.7. The molecule has 24 heavy (non-hydrogen) atoms. The van der Waals surface area contributed by atoms with Crippen LogP contribution in [0.3, 0.4) is 0 Å². The zero-order valence-electron chi connectivity index (χ0n) is 13.0. The molecule has 0 unspecified atom stereocenters. The van der Waals surface area contributed by atoms with E-state index in [0.717, 1.165) is 5.69 Å². The van der Waals surface area contributed by atoms with Gasteiger partial charge in [-0.25, -0.2) is 4.39 Å². The molecule has 1 aliphatic rings. The molecule has 0 saturated carbocycles. The summed E-state index contributed by atoms with van der Waals surface area (Å²) in [6, 6.07) is 13.4. The Balaban J connectivity index is 1.77. The molecule has 126 valence electrons. The van der Waals surface area contributed by atoms with Crippen molar-refractivity contribution in [2.24, 2.45) is 0 Å². The molecule has 1 saturated heterocycles. The van der Waals surface area contributed by atoms with Crippen LogP contribution < -0.4 is 4.90 Å². The number of benzene rings is 2. The van der Waals surface area contributed by atoms with Crippen molar-refractivity contribution >= 4 is 23.3 Å². The van der Waals surface area contributed by atoms with Crippen LogP contribution in [-0.2, 0) is 4.79 Å². The highest BCUT2D eigenvalue weighted by Crippen LogP contribution is 2.31. The lowest BCUT2D eigenvalue weighted by atomic mass is 10.0. The molecule has 2 aromatic rings. The van der Waals surface area contributed by atoms with Crippen LogP contribution in [-0.4, -0.2) is 42.2 Å². The van der Waals surface area contributed by atoms with Gasteiger partial charge in [-0.2, -0.15) is 0 Å². The van der Waals surface area contributed by atoms with E-state index < -0.39 is 17.8 Å². The fraction of sp³-hybridized carbons (Fsp3) is 0.278. The van der Waals surface area contributed by atoms with Gasteiger partial charge in [0.05, 0.1) is 5.02 Å². The number of anilines is 1. The average molecular weight is 349 g/mol. The summed E-state index contributed by atoms with van der Waals surface area (Å²) in [5.41, 5.74) is 1.42. The number of nitrogens with zero attached hydrogens (tertiary/aromatic N) is 2. The third-order valence-electron chi connectivity index (χ3n) is 4.31. The van der Waals surface area contributed by atoms with Gasteiger partial charge >= 0.3 is 5.97 Å². The van der Waals surface area contributed by atoms with Crippen LogP contribution in [0.15, 0.2) is 48.5 Å². The molecule has 1 aliphatic heterocycles. The number of piperazine rings is 1. The van der Waals surface area contributed by atoms with Crippen LogP contribution in [0.2, 0.25) is 5.02 Å². The van der Waals surface area contributed by atoms with Crippen LogP contribution in [0.1, 0.15) is 11.6 Å². The third kappa shape index (κ3) is 3.37. The van der Waals surface area contributed by atoms with E-state index >= 15 is 0 Å². The van der Waals surface area contributed by atoms with Crippen LogP contribution in [0.25, 0.3) is 0 Å². The van der Waals surface area contributed by atoms with Gasteiger partial charge in [0, 0.05) is 37.4 Å². The summed E-state index contributed by atoms with van der Waals surface area (Å²) in [7, 11) is 0. The minimum atomic E-state index is -1.02. The van der Waals surface area contributed by atoms with Crippen molar-refractivity contribution in [3.8, 4) is 0 Å². The van der Waals surface area contributed by atoms with E-state index in [-0.39, 0.29) is 5.02 Å². The van der Waals surface area contributed by atoms with E-state index in [0.29, 0.717) is 31.7 Å². The first-order valence-corrected chi connectivity index (χ1v) is 8.16. The van der Waals surface area contributed by atoms with E-state index in [1.807, 2.05) is 35.2 Å². The quantitative estimate of drug-likeness (QED) is 0.919. The number of carboxylic acid groups (broad SMARTS) is 1. The smallest absolute Gasteiger partial charge is 0.325 e. The fourth-order valence-corrected chi connectivity index (χ4v) is 3.32. The predicted molar refractivity (Wildman–Crippen MR) is 92.0 cm³/mol. The molecule has 2 aromatic carbocycles. The molecule has 0 bridgehead atoms. The van der Waals surface area contributed by atoms with E-state index in [1.54, 1.807) is 6.07 Å². The zero-order valence-corrected chi connectivity index (χ0v) is 13.8. The largest absolute Gasteiger partial charge is 0.480 e. The molecule has 0 aliphatic carbocycles. The van der Waals surface area contributed by atoms with Gasteiger partial charge in [-0.1, -0.05) is 41.9 Å². The van der Waals surface area contributed by atoms with Crippen LogP contribution >= 0.6 is 11.6 Å². The minimum Gasteiger partial charge on any atom is -0.480 e. The highest BCUT2D eigenvalue weighted by molar-refractivity contribution is 6.31. The minimum absolute atomic E-state index is 0.115. The van der Waals surface area contributed by atoms with Crippen molar-refractivity contribution in [2.45, 2.75) is 6.04 Å². The highest BCUT2D eigenvalue weighted by atomic mass is 35.5. The number of hydrogen-bond donors (Lipinski definition) is 1. The van der Waals surface area contributed by atoms with Crippen LogP contribution in [0.5, 0.6) is 0 Å². The predicted octanol–water partition coefficient (Wildman–Crippen LogP) is 3.43. The second-order valence-corrected chi connectivity index (χ2v) is 6.12. The molecule has 0 spiro atoms. The number of para-hydroxylation sites is 1. The van der Waals surface area contributed by atoms with Crippen molar-refractivity contribution in [3.63, 3.8) is 0 Å². The molecule has 3 rings (SSSR count). The second kappa shape index (κ2) is 7.20. The monoisotopic (exact) mass is 348 g/mol. The average Bonchev–Trinajstić information content (AvgIpc) is 2.60. The van der Waals surface area contributed by atoms with Crippen molar-refractivity contribution < 1.29 is 14.3 Å². The lowest BCUT2D eigenvalue weighted by Gasteiger charge is -2.39. The Bertz CT molecular complexity index is 718. The van der Waals surface area contributed by atoms with E-state index in [9.17, 15) is 14.3 Å². The van der Waals surface area contributed by atoms with E-state index in [4.69, 9.17) is 11.6 Å². The summed E-state index contributed by atoms with van der Waals surface area (Å²) in [5.74, 6) is -1.61. The van der Waals surface area contributed by atoms with Crippen molar-refractivity contribution in [3.05, 3.63) is 64.9 Å². The van der Waals surface area contributed by atoms with Crippen LogP contribution in [0, 0.1) is 5.82 Å². The second-order valence-electron chi connectivity index (χ2n) is 5.74. The Hall–Kier alpha value is -2.11. The molecule has 1 N–H and O–H groups in total. The Morgan fingerprint density at radius 3 is 2.33 bits per heavy atom. The molecular formula is C18H18ClFN2O2. The summed E-state index contributed by atoms with van der Waals surface area (Å²) < 4.78 is 13.7. The highest BCUT2D eigenvalue weighted by Gasteiger charge is 2.32. The van der Waals surface area contributed by atoms with E-state index in [2.05, 4.69) is 4.90 Å². The Labute approximate surface area is 145 Å². The van der Waals surface area contributed by atoms with Gasteiger partial charge in [-0.15, -0.1) is 0 Å². The normalized spacial score (nSPS) is 16.8. The first-order valence-electron chi connectivity index (χ1n) is 7.78. The standard InChI is InChI=1S/C18H18ClFN2O2/c19-16-14(7-4-8-15(16)20)17(18(23)24)22-11-9-21(10-12-22)13-5-2-1-3-6-13/h1-8,17H,9-12H2,(H,23,24)/t17-/m0/s1. The lowest BCUT2D eigenvalue weighted by molar-refractivity contribution is -0.143. The number of carboxylic acids is 1. The fourth-order valence-electron chi connectivity index (χ4n) is 3.09. The molecule has 1 fully saturated rings. The summed E-state index contributed by atoms with van der Waals surface area (Å²) >= 11 is 6.00. The SMILES string of the molecule is O=C(O)[C@H](c1cccc(F)c1Cl)N1CCN(c2ccccc2)CC1. The van der Waals surface area contributed by atoms with Crippen molar-refractivity contribution in [2.75, 3.05) is 31.1 Å².